The summed E-state index contributed by atoms with van der Waals surface area (Å²) in [4.78, 5) is 44.2. The fraction of sp³-hybridized carbons (Fsp3) is 0.259. The number of methoxy groups -OCH3 is 1. The molecule has 192 valence electrons. The summed E-state index contributed by atoms with van der Waals surface area (Å²) >= 11 is 2.84. The molecule has 3 aromatic rings. The normalized spacial score (nSPS) is 15.2. The molecule has 0 bridgehead atoms. The molecule has 1 aliphatic rings. The fourth-order valence-corrected chi connectivity index (χ4v) is 5.51. The quantitative estimate of drug-likeness (QED) is 0.258. The summed E-state index contributed by atoms with van der Waals surface area (Å²) in [6.45, 7) is 5.02. The molecule has 0 spiro atoms. The van der Waals surface area contributed by atoms with Gasteiger partial charge in [0.2, 0.25) is 0 Å². The summed E-state index contributed by atoms with van der Waals surface area (Å²) in [5.74, 6) is -0.304. The van der Waals surface area contributed by atoms with Gasteiger partial charge in [-0.05, 0) is 61.6 Å². The highest BCUT2D eigenvalue weighted by Crippen LogP contribution is 2.32. The molecule has 1 aromatic heterocycles. The van der Waals surface area contributed by atoms with Crippen LogP contribution < -0.4 is 24.4 Å². The molecule has 0 saturated carbocycles. The van der Waals surface area contributed by atoms with Crippen molar-refractivity contribution in [2.75, 3.05) is 20.0 Å². The average molecular weight is 539 g/mol. The lowest BCUT2D eigenvalue weighted by Crippen LogP contribution is -2.39. The van der Waals surface area contributed by atoms with E-state index in [4.69, 9.17) is 14.2 Å². The Kier molecular flexibility index (Phi) is 7.99. The largest absolute Gasteiger partial charge is 0.493 e. The van der Waals surface area contributed by atoms with Crippen molar-refractivity contribution in [3.05, 3.63) is 84.5 Å². The monoisotopic (exact) mass is 538 g/mol. The predicted molar refractivity (Wildman–Crippen MR) is 143 cm³/mol. The van der Waals surface area contributed by atoms with Crippen molar-refractivity contribution in [1.82, 2.24) is 4.57 Å². The molecule has 0 aliphatic carbocycles. The maximum atomic E-state index is 13.7. The summed E-state index contributed by atoms with van der Waals surface area (Å²) in [5.41, 5.74) is 2.04. The molecule has 0 N–H and O–H groups in total. The molecule has 0 saturated heterocycles. The Morgan fingerprint density at radius 1 is 1.16 bits per heavy atom. The van der Waals surface area contributed by atoms with Crippen LogP contribution in [0.5, 0.6) is 11.5 Å². The number of fused-ring (bicyclic) bond motifs is 1. The molecule has 0 unspecified atom stereocenters. The zero-order valence-corrected chi connectivity index (χ0v) is 22.7. The van der Waals surface area contributed by atoms with Gasteiger partial charge in [-0.3, -0.25) is 14.2 Å². The fourth-order valence-electron chi connectivity index (χ4n) is 4.06. The van der Waals surface area contributed by atoms with Crippen LogP contribution in [0.15, 0.2) is 68.4 Å². The number of allylic oxidation sites excluding steroid dienone is 1. The number of esters is 2. The first kappa shape index (κ1) is 26.4. The van der Waals surface area contributed by atoms with Crippen LogP contribution in [0.1, 0.15) is 37.9 Å². The molecular weight excluding hydrogens is 512 g/mol. The Morgan fingerprint density at radius 2 is 1.89 bits per heavy atom. The van der Waals surface area contributed by atoms with Crippen molar-refractivity contribution in [3.63, 3.8) is 0 Å². The van der Waals surface area contributed by atoms with Gasteiger partial charge < -0.3 is 14.2 Å². The van der Waals surface area contributed by atoms with Crippen molar-refractivity contribution in [3.8, 4) is 11.5 Å². The number of carbonyl (C=O) groups excluding carboxylic acids is 2. The average Bonchev–Trinajstić information content (AvgIpc) is 3.18. The minimum absolute atomic E-state index is 0.212. The molecule has 4 rings (SSSR count). The molecule has 0 amide bonds. The third kappa shape index (κ3) is 5.40. The van der Waals surface area contributed by atoms with Gasteiger partial charge >= 0.3 is 11.9 Å². The van der Waals surface area contributed by atoms with Gasteiger partial charge in [0.1, 0.15) is 0 Å². The number of carbonyl (C=O) groups is 2. The van der Waals surface area contributed by atoms with Crippen molar-refractivity contribution in [2.45, 2.75) is 31.7 Å². The van der Waals surface area contributed by atoms with Crippen LogP contribution in [0.2, 0.25) is 0 Å². The summed E-state index contributed by atoms with van der Waals surface area (Å²) in [7, 11) is 1.47. The van der Waals surface area contributed by atoms with Crippen molar-refractivity contribution in [2.24, 2.45) is 4.99 Å². The molecular formula is C27H26N2O6S2. The zero-order chi connectivity index (χ0) is 26.7. The first-order valence-electron chi connectivity index (χ1n) is 11.5. The molecule has 1 atom stereocenters. The summed E-state index contributed by atoms with van der Waals surface area (Å²) in [6.07, 6.45) is 3.71. The maximum Gasteiger partial charge on any atom is 0.338 e. The smallest absolute Gasteiger partial charge is 0.338 e. The van der Waals surface area contributed by atoms with Gasteiger partial charge in [-0.1, -0.05) is 29.5 Å². The standard InChI is InChI=1S/C27H26N2O6S2/c1-6-34-26(32)23-15(2)28-27-29(24(23)18-8-10-19(36-5)11-9-18)25(31)22(37-27)14-17-7-12-20(35-16(3)30)21(13-17)33-4/h7-14,24H,6H2,1-5H3/b22-14-/t24-/m1/s1. The van der Waals surface area contributed by atoms with Crippen molar-refractivity contribution < 1.29 is 23.8 Å². The van der Waals surface area contributed by atoms with Gasteiger partial charge in [0, 0.05) is 11.8 Å². The highest BCUT2D eigenvalue weighted by molar-refractivity contribution is 7.98. The number of thioether (sulfide) groups is 1. The lowest BCUT2D eigenvalue weighted by molar-refractivity contribution is -0.139. The van der Waals surface area contributed by atoms with Crippen molar-refractivity contribution in [1.29, 1.82) is 0 Å². The predicted octanol–water partition coefficient (Wildman–Crippen LogP) is 3.45. The molecule has 10 heteroatoms. The van der Waals surface area contributed by atoms with E-state index < -0.39 is 18.0 Å². The second-order valence-corrected chi connectivity index (χ2v) is 9.97. The highest BCUT2D eigenvalue weighted by Gasteiger charge is 2.33. The van der Waals surface area contributed by atoms with E-state index in [0.29, 0.717) is 31.9 Å². The number of aromatic nitrogens is 1. The van der Waals surface area contributed by atoms with Crippen LogP contribution in [-0.2, 0) is 14.3 Å². The second-order valence-electron chi connectivity index (χ2n) is 8.08. The van der Waals surface area contributed by atoms with Crippen LogP contribution in [0.25, 0.3) is 6.08 Å². The number of hydrogen-bond donors (Lipinski definition) is 0. The van der Waals surface area contributed by atoms with Gasteiger partial charge in [0.25, 0.3) is 5.56 Å². The van der Waals surface area contributed by atoms with E-state index in [2.05, 4.69) is 4.99 Å². The second kappa shape index (κ2) is 11.2. The lowest BCUT2D eigenvalue weighted by atomic mass is 9.96. The van der Waals surface area contributed by atoms with Crippen LogP contribution in [0, 0.1) is 0 Å². The number of thiazole rings is 1. The van der Waals surface area contributed by atoms with E-state index in [1.54, 1.807) is 54.5 Å². The molecule has 1 aliphatic heterocycles. The Morgan fingerprint density at radius 3 is 2.51 bits per heavy atom. The van der Waals surface area contributed by atoms with E-state index in [1.165, 1.54) is 25.4 Å². The number of benzene rings is 2. The Labute approximate surface area is 221 Å². The third-order valence-electron chi connectivity index (χ3n) is 5.69. The topological polar surface area (TPSA) is 96.2 Å². The molecule has 37 heavy (non-hydrogen) atoms. The maximum absolute atomic E-state index is 13.7. The van der Waals surface area contributed by atoms with Crippen LogP contribution >= 0.6 is 23.1 Å². The number of ether oxygens (including phenoxy) is 3. The summed E-state index contributed by atoms with van der Waals surface area (Å²) < 4.78 is 17.8. The van der Waals surface area contributed by atoms with Crippen LogP contribution in [-0.4, -0.2) is 36.5 Å². The van der Waals surface area contributed by atoms with Gasteiger partial charge in [0.05, 0.1) is 35.6 Å². The Bertz CT molecular complexity index is 1570. The minimum atomic E-state index is -0.672. The van der Waals surface area contributed by atoms with Gasteiger partial charge in [-0.25, -0.2) is 9.79 Å². The first-order chi connectivity index (χ1) is 17.8. The third-order valence-corrected chi connectivity index (χ3v) is 7.41. The Hall–Kier alpha value is -3.63. The van der Waals surface area contributed by atoms with Crippen LogP contribution in [0.4, 0.5) is 0 Å². The van der Waals surface area contributed by atoms with Gasteiger partial charge in [0.15, 0.2) is 16.3 Å². The zero-order valence-electron chi connectivity index (χ0n) is 21.1. The first-order valence-corrected chi connectivity index (χ1v) is 13.5. The van der Waals surface area contributed by atoms with Crippen molar-refractivity contribution >= 4 is 41.1 Å². The molecule has 2 heterocycles. The van der Waals surface area contributed by atoms with E-state index in [9.17, 15) is 14.4 Å². The number of hydrogen-bond acceptors (Lipinski definition) is 9. The summed E-state index contributed by atoms with van der Waals surface area (Å²) in [6, 6.07) is 12.1. The van der Waals surface area contributed by atoms with Gasteiger partial charge in [-0.15, -0.1) is 11.8 Å². The van der Waals surface area contributed by atoms with E-state index >= 15 is 0 Å². The lowest BCUT2D eigenvalue weighted by Gasteiger charge is -2.24. The Balaban J connectivity index is 1.88. The molecule has 8 nitrogen and oxygen atoms in total. The van der Waals surface area contributed by atoms with E-state index in [-0.39, 0.29) is 17.9 Å². The molecule has 0 fully saturated rings. The minimum Gasteiger partial charge on any atom is -0.493 e. The molecule has 2 aromatic carbocycles. The number of rotatable bonds is 7. The molecule has 0 radical (unpaired) electrons. The van der Waals surface area contributed by atoms with Gasteiger partial charge in [-0.2, -0.15) is 0 Å². The highest BCUT2D eigenvalue weighted by atomic mass is 32.2. The van der Waals surface area contributed by atoms with E-state index in [1.807, 2.05) is 30.5 Å². The van der Waals surface area contributed by atoms with E-state index in [0.717, 1.165) is 10.5 Å². The SMILES string of the molecule is CCOC(=O)C1=C(C)N=c2s/c(=C\c3ccc(OC(C)=O)c(OC)c3)c(=O)n2[C@@H]1c1ccc(SC)cc1. The van der Waals surface area contributed by atoms with Crippen LogP contribution in [0.3, 0.4) is 0 Å². The summed E-state index contributed by atoms with van der Waals surface area (Å²) in [5, 5.41) is 0. The number of nitrogens with zero attached hydrogens (tertiary/aromatic N) is 2.